The van der Waals surface area contributed by atoms with Gasteiger partial charge in [0.2, 0.25) is 10.0 Å². The Balaban J connectivity index is 2.06. The van der Waals surface area contributed by atoms with E-state index >= 15 is 0 Å². The molecule has 29 heavy (non-hydrogen) atoms. The lowest BCUT2D eigenvalue weighted by atomic mass is 10.1. The molecule has 2 aromatic carbocycles. The summed E-state index contributed by atoms with van der Waals surface area (Å²) in [5, 5.41) is 2.68. The SMILES string of the molecule is Cc1cccc(NC(=O)C(C)OC(=O)[C@@H](NS(=O)(=O)c2ccccc2)C(C)C)c1. The molecule has 0 fully saturated rings. The quantitative estimate of drug-likeness (QED) is 0.642. The molecule has 0 saturated heterocycles. The minimum Gasteiger partial charge on any atom is -0.451 e. The number of anilines is 1. The summed E-state index contributed by atoms with van der Waals surface area (Å²) in [4.78, 5) is 25.0. The molecule has 156 valence electrons. The molecule has 8 heteroatoms. The second kappa shape index (κ2) is 9.67. The van der Waals surface area contributed by atoms with Gasteiger partial charge in [-0.25, -0.2) is 8.42 Å². The number of ether oxygens (including phenoxy) is 1. The molecule has 2 N–H and O–H groups in total. The third-order valence-corrected chi connectivity index (χ3v) is 5.66. The molecule has 0 bridgehead atoms. The van der Waals surface area contributed by atoms with Gasteiger partial charge in [-0.1, -0.05) is 44.2 Å². The van der Waals surface area contributed by atoms with Gasteiger partial charge in [0.05, 0.1) is 4.90 Å². The monoisotopic (exact) mass is 418 g/mol. The first-order valence-electron chi connectivity index (χ1n) is 9.25. The van der Waals surface area contributed by atoms with E-state index in [9.17, 15) is 18.0 Å². The van der Waals surface area contributed by atoms with E-state index in [-0.39, 0.29) is 10.8 Å². The zero-order valence-electron chi connectivity index (χ0n) is 16.9. The van der Waals surface area contributed by atoms with Crippen molar-refractivity contribution >= 4 is 27.6 Å². The van der Waals surface area contributed by atoms with Gasteiger partial charge >= 0.3 is 5.97 Å². The van der Waals surface area contributed by atoms with E-state index in [1.54, 1.807) is 50.2 Å². The van der Waals surface area contributed by atoms with Crippen molar-refractivity contribution in [2.24, 2.45) is 5.92 Å². The van der Waals surface area contributed by atoms with E-state index in [0.717, 1.165) is 5.56 Å². The first kappa shape index (κ1) is 22.6. The van der Waals surface area contributed by atoms with E-state index in [2.05, 4.69) is 10.0 Å². The van der Waals surface area contributed by atoms with E-state index in [1.807, 2.05) is 13.0 Å². The van der Waals surface area contributed by atoms with Gasteiger partial charge in [-0.2, -0.15) is 4.72 Å². The molecule has 1 amide bonds. The van der Waals surface area contributed by atoms with Crippen LogP contribution in [-0.2, 0) is 24.3 Å². The molecule has 1 unspecified atom stereocenters. The highest BCUT2D eigenvalue weighted by Gasteiger charge is 2.31. The molecule has 0 aliphatic heterocycles. The standard InChI is InChI=1S/C21H26N2O5S/c1-14(2)19(23-29(26,27)18-11-6-5-7-12-18)21(25)28-16(4)20(24)22-17-10-8-9-15(3)13-17/h5-14,16,19,23H,1-4H3,(H,22,24)/t16?,19-/m0/s1. The molecule has 0 aromatic heterocycles. The fourth-order valence-corrected chi connectivity index (χ4v) is 3.91. The number of sulfonamides is 1. The number of aryl methyl sites for hydroxylation is 1. The molecular weight excluding hydrogens is 392 g/mol. The number of esters is 1. The van der Waals surface area contributed by atoms with Crippen molar-refractivity contribution in [1.82, 2.24) is 4.72 Å². The number of amides is 1. The Kier molecular flexibility index (Phi) is 7.53. The summed E-state index contributed by atoms with van der Waals surface area (Å²) >= 11 is 0. The highest BCUT2D eigenvalue weighted by molar-refractivity contribution is 7.89. The second-order valence-corrected chi connectivity index (χ2v) is 8.81. The van der Waals surface area contributed by atoms with Crippen molar-refractivity contribution in [2.45, 2.75) is 44.7 Å². The van der Waals surface area contributed by atoms with Crippen LogP contribution in [0.4, 0.5) is 5.69 Å². The maximum Gasteiger partial charge on any atom is 0.325 e. The van der Waals surface area contributed by atoms with Crippen LogP contribution in [-0.4, -0.2) is 32.4 Å². The zero-order chi connectivity index (χ0) is 21.6. The van der Waals surface area contributed by atoms with Gasteiger partial charge in [-0.05, 0) is 49.6 Å². The summed E-state index contributed by atoms with van der Waals surface area (Å²) < 4.78 is 32.7. The average molecular weight is 419 g/mol. The molecule has 0 radical (unpaired) electrons. The number of hydrogen-bond donors (Lipinski definition) is 2. The summed E-state index contributed by atoms with van der Waals surface area (Å²) in [6.45, 7) is 6.71. The first-order valence-corrected chi connectivity index (χ1v) is 10.7. The topological polar surface area (TPSA) is 102 Å². The van der Waals surface area contributed by atoms with Gasteiger partial charge < -0.3 is 10.1 Å². The van der Waals surface area contributed by atoms with E-state index in [0.29, 0.717) is 5.69 Å². The van der Waals surface area contributed by atoms with Crippen molar-refractivity contribution in [3.63, 3.8) is 0 Å². The number of carbonyl (C=O) groups excluding carboxylic acids is 2. The van der Waals surface area contributed by atoms with Crippen LogP contribution in [0.15, 0.2) is 59.5 Å². The van der Waals surface area contributed by atoms with Gasteiger partial charge in [-0.3, -0.25) is 9.59 Å². The third kappa shape index (κ3) is 6.40. The van der Waals surface area contributed by atoms with Crippen LogP contribution in [0.3, 0.4) is 0 Å². The maximum absolute atomic E-state index is 12.6. The molecule has 0 heterocycles. The maximum atomic E-state index is 12.6. The molecule has 2 atom stereocenters. The smallest absolute Gasteiger partial charge is 0.325 e. The molecule has 2 aromatic rings. The number of benzene rings is 2. The predicted molar refractivity (Wildman–Crippen MR) is 111 cm³/mol. The van der Waals surface area contributed by atoms with Gasteiger partial charge in [0.15, 0.2) is 6.10 Å². The normalized spacial score (nSPS) is 13.6. The Bertz CT molecular complexity index is 958. The number of nitrogens with one attached hydrogen (secondary N) is 2. The fourth-order valence-electron chi connectivity index (χ4n) is 2.56. The summed E-state index contributed by atoms with van der Waals surface area (Å²) in [5.41, 5.74) is 1.56. The molecule has 0 spiro atoms. The van der Waals surface area contributed by atoms with Crippen LogP contribution < -0.4 is 10.0 Å². The van der Waals surface area contributed by atoms with Crippen molar-refractivity contribution in [2.75, 3.05) is 5.32 Å². The van der Waals surface area contributed by atoms with Crippen molar-refractivity contribution < 1.29 is 22.7 Å². The molecule has 0 saturated carbocycles. The van der Waals surface area contributed by atoms with Crippen LogP contribution in [0.5, 0.6) is 0 Å². The molecule has 7 nitrogen and oxygen atoms in total. The van der Waals surface area contributed by atoms with Crippen LogP contribution in [0.2, 0.25) is 0 Å². The number of hydrogen-bond acceptors (Lipinski definition) is 5. The summed E-state index contributed by atoms with van der Waals surface area (Å²) in [6.07, 6.45) is -1.09. The molecule has 0 aliphatic carbocycles. The van der Waals surface area contributed by atoms with Crippen molar-refractivity contribution in [3.05, 3.63) is 60.2 Å². The largest absolute Gasteiger partial charge is 0.451 e. The number of carbonyl (C=O) groups is 2. The Morgan fingerprint density at radius 2 is 1.62 bits per heavy atom. The van der Waals surface area contributed by atoms with Crippen LogP contribution in [0.1, 0.15) is 26.3 Å². The van der Waals surface area contributed by atoms with Gasteiger partial charge in [0.25, 0.3) is 5.91 Å². The van der Waals surface area contributed by atoms with Crippen molar-refractivity contribution in [1.29, 1.82) is 0 Å². The highest BCUT2D eigenvalue weighted by Crippen LogP contribution is 2.14. The van der Waals surface area contributed by atoms with E-state index in [1.165, 1.54) is 19.1 Å². The lowest BCUT2D eigenvalue weighted by Crippen LogP contribution is -2.47. The minimum atomic E-state index is -3.91. The summed E-state index contributed by atoms with van der Waals surface area (Å²) in [7, 11) is -3.91. The van der Waals surface area contributed by atoms with Gasteiger partial charge in [-0.15, -0.1) is 0 Å². The third-order valence-electron chi connectivity index (χ3n) is 4.20. The van der Waals surface area contributed by atoms with E-state index < -0.39 is 34.0 Å². The van der Waals surface area contributed by atoms with Crippen LogP contribution in [0.25, 0.3) is 0 Å². The summed E-state index contributed by atoms with van der Waals surface area (Å²) in [6, 6.07) is 13.8. The van der Waals surface area contributed by atoms with Gasteiger partial charge in [0.1, 0.15) is 6.04 Å². The second-order valence-electron chi connectivity index (χ2n) is 7.09. The van der Waals surface area contributed by atoms with Gasteiger partial charge in [0, 0.05) is 5.69 Å². The number of rotatable bonds is 8. The lowest BCUT2D eigenvalue weighted by Gasteiger charge is -2.23. The Morgan fingerprint density at radius 3 is 2.21 bits per heavy atom. The van der Waals surface area contributed by atoms with Crippen molar-refractivity contribution in [3.8, 4) is 0 Å². The lowest BCUT2D eigenvalue weighted by molar-refractivity contribution is -0.155. The minimum absolute atomic E-state index is 0.0451. The zero-order valence-corrected chi connectivity index (χ0v) is 17.7. The average Bonchev–Trinajstić information content (AvgIpc) is 2.66. The highest BCUT2D eigenvalue weighted by atomic mass is 32.2. The van der Waals surface area contributed by atoms with E-state index in [4.69, 9.17) is 4.74 Å². The molecular formula is C21H26N2O5S. The molecule has 2 rings (SSSR count). The van der Waals surface area contributed by atoms with Crippen LogP contribution >= 0.6 is 0 Å². The Labute approximate surface area is 171 Å². The summed E-state index contributed by atoms with van der Waals surface area (Å²) in [5.74, 6) is -1.70. The Morgan fingerprint density at radius 1 is 0.966 bits per heavy atom. The fraction of sp³-hybridized carbons (Fsp3) is 0.333. The van der Waals surface area contributed by atoms with Crippen LogP contribution in [0, 0.1) is 12.8 Å². The molecule has 0 aliphatic rings. The Hall–Kier alpha value is -2.71. The first-order chi connectivity index (χ1) is 13.6. The predicted octanol–water partition coefficient (Wildman–Crippen LogP) is 2.87.